The Morgan fingerprint density at radius 3 is 1.72 bits per heavy atom. The number of H-pyrrole nitrogens is 1. The summed E-state index contributed by atoms with van der Waals surface area (Å²) in [5.41, 5.74) is 18.2. The van der Waals surface area contributed by atoms with Gasteiger partial charge in [0.1, 0.15) is 17.8 Å². The number of unbranched alkanes of at least 4 members (excludes halogenated alkanes) is 2. The minimum Gasteiger partial charge on any atom is -0.463 e. The van der Waals surface area contributed by atoms with E-state index >= 15 is 0 Å². The van der Waals surface area contributed by atoms with Crippen molar-refractivity contribution >= 4 is 52.1 Å². The molecule has 2 fully saturated rings. The Morgan fingerprint density at radius 2 is 1.19 bits per heavy atom. The molecule has 23 heteroatoms. The summed E-state index contributed by atoms with van der Waals surface area (Å²) < 4.78 is 12.9. The molecule has 8 rings (SSSR count). The van der Waals surface area contributed by atoms with Crippen molar-refractivity contribution < 1.29 is 33.5 Å². The van der Waals surface area contributed by atoms with Crippen LogP contribution in [0.1, 0.15) is 138 Å². The van der Waals surface area contributed by atoms with Gasteiger partial charge in [0.05, 0.1) is 31.4 Å². The average molecular weight is 1120 g/mol. The molecular formula is C58H83N15O8. The van der Waals surface area contributed by atoms with Crippen LogP contribution in [0.25, 0.3) is 11.2 Å². The zero-order chi connectivity index (χ0) is 57.1. The SMILES string of the molecule is CCCCOc1nc(N)c2c(n1)C(Cc1ccc(CN3CCC(CCNC(=O)CCC(CCC(=O)NCCC4CCN(Cc5ccc(Cn6c(=O)[nH]c7c(N)nc(OCCCC)nc76)cc5)CC4)NC(=O)CON)CC3)cc1)C(=O)N2. The maximum Gasteiger partial charge on any atom is 0.328 e. The Bertz CT molecular complexity index is 2920. The van der Waals surface area contributed by atoms with Crippen LogP contribution >= 0.6 is 0 Å². The number of carbonyl (C=O) groups excluding carboxylic acids is 4. The molecule has 3 aromatic heterocycles. The zero-order valence-corrected chi connectivity index (χ0v) is 47.1. The minimum atomic E-state index is -0.476. The number of aromatic nitrogens is 6. The zero-order valence-electron chi connectivity index (χ0n) is 47.1. The van der Waals surface area contributed by atoms with Crippen LogP contribution < -0.4 is 53.8 Å². The number of nitrogens with one attached hydrogen (secondary N) is 5. The van der Waals surface area contributed by atoms with E-state index in [0.717, 1.165) is 115 Å². The van der Waals surface area contributed by atoms with Gasteiger partial charge in [-0.25, -0.2) is 10.7 Å². The molecular weight excluding hydrogens is 1030 g/mol. The van der Waals surface area contributed by atoms with E-state index < -0.39 is 17.9 Å². The van der Waals surface area contributed by atoms with Crippen LogP contribution in [0.15, 0.2) is 53.3 Å². The number of amides is 4. The standard InChI is InChI=1S/C58H83N15O8/c1-3-5-31-79-56-66-49-45(55(77)65-50(49)52(59)68-56)33-40-7-9-41(10-8-40)34-71-27-21-38(22-28-71)19-25-62-46(74)17-15-44(64-48(76)37-81-61)16-18-47(75)63-26-20-39-23-29-72(30-24-39)35-42-11-13-43(14-12-42)36-73-54-51(67-58(73)78)53(60)69-57(70-54)80-32-6-4-2/h7-14,38-39,44-45H,3-6,15-37,61H2,1-2H3,(H,62,74)(H,63,75)(H,64,76)(H,65,77)(H,67,78)(H2,59,66,68)(H2,60,69,70). The monoisotopic (exact) mass is 1120 g/mol. The summed E-state index contributed by atoms with van der Waals surface area (Å²) in [6.45, 7) is 11.8. The molecule has 23 nitrogen and oxygen atoms in total. The number of likely N-dealkylation sites (tertiary alicyclic amines) is 2. The highest BCUT2D eigenvalue weighted by molar-refractivity contribution is 6.04. The maximum atomic E-state index is 13.0. The highest BCUT2D eigenvalue weighted by Crippen LogP contribution is 2.38. The van der Waals surface area contributed by atoms with Gasteiger partial charge in [-0.15, -0.1) is 0 Å². The van der Waals surface area contributed by atoms with Crippen LogP contribution in [0.5, 0.6) is 12.0 Å². The second-order valence-electron chi connectivity index (χ2n) is 21.9. The van der Waals surface area contributed by atoms with Crippen LogP contribution in [0.3, 0.4) is 0 Å². The molecule has 0 aliphatic carbocycles. The lowest BCUT2D eigenvalue weighted by Gasteiger charge is -2.32. The quantitative estimate of drug-likeness (QED) is 0.0218. The first-order valence-corrected chi connectivity index (χ1v) is 29.1. The summed E-state index contributed by atoms with van der Waals surface area (Å²) in [5, 5.41) is 11.9. The lowest BCUT2D eigenvalue weighted by atomic mass is 9.93. The predicted molar refractivity (Wildman–Crippen MR) is 309 cm³/mol. The fourth-order valence-corrected chi connectivity index (χ4v) is 10.9. The molecule has 2 atom stereocenters. The molecule has 438 valence electrons. The van der Waals surface area contributed by atoms with E-state index in [2.05, 4.69) is 111 Å². The molecule has 0 spiro atoms. The molecule has 5 aromatic rings. The summed E-state index contributed by atoms with van der Waals surface area (Å²) >= 11 is 0. The van der Waals surface area contributed by atoms with Crippen molar-refractivity contribution in [1.29, 1.82) is 0 Å². The number of imidazole rings is 1. The number of aromatic amines is 1. The van der Waals surface area contributed by atoms with E-state index in [9.17, 15) is 24.0 Å². The number of piperidine rings is 2. The third-order valence-electron chi connectivity index (χ3n) is 15.7. The fourth-order valence-electron chi connectivity index (χ4n) is 10.9. The second-order valence-corrected chi connectivity index (χ2v) is 21.9. The molecule has 2 saturated heterocycles. The number of nitrogens with two attached hydrogens (primary N) is 3. The van der Waals surface area contributed by atoms with Gasteiger partial charge in [-0.3, -0.25) is 38.4 Å². The fraction of sp³-hybridized carbons (Fsp3) is 0.569. The van der Waals surface area contributed by atoms with E-state index in [1.54, 1.807) is 4.57 Å². The average Bonchev–Trinajstić information content (AvgIpc) is 4.09. The van der Waals surface area contributed by atoms with E-state index in [4.69, 9.17) is 26.8 Å². The predicted octanol–water partition coefficient (Wildman–Crippen LogP) is 4.83. The maximum absolute atomic E-state index is 13.0. The lowest BCUT2D eigenvalue weighted by Crippen LogP contribution is -2.40. The second kappa shape index (κ2) is 30.0. The number of rotatable bonds is 31. The van der Waals surface area contributed by atoms with Gasteiger partial charge in [-0.2, -0.15) is 19.9 Å². The number of nitrogens with zero attached hydrogens (tertiary/aromatic N) is 7. The van der Waals surface area contributed by atoms with E-state index in [0.29, 0.717) is 86.5 Å². The van der Waals surface area contributed by atoms with Crippen LogP contribution in [0, 0.1) is 11.8 Å². The number of carbonyl (C=O) groups is 4. The molecule has 3 aliphatic heterocycles. The Labute approximate surface area is 473 Å². The summed E-state index contributed by atoms with van der Waals surface area (Å²) in [7, 11) is 0. The summed E-state index contributed by atoms with van der Waals surface area (Å²) in [6.07, 6.45) is 11.3. The lowest BCUT2D eigenvalue weighted by molar-refractivity contribution is -0.128. The summed E-state index contributed by atoms with van der Waals surface area (Å²) in [6, 6.07) is 16.7. The smallest absolute Gasteiger partial charge is 0.328 e. The molecule has 2 aromatic carbocycles. The molecule has 11 N–H and O–H groups in total. The van der Waals surface area contributed by atoms with Crippen molar-refractivity contribution in [2.24, 2.45) is 17.7 Å². The molecule has 6 heterocycles. The van der Waals surface area contributed by atoms with Gasteiger partial charge in [0.2, 0.25) is 23.6 Å². The molecule has 2 unspecified atom stereocenters. The van der Waals surface area contributed by atoms with Crippen molar-refractivity contribution in [2.45, 2.75) is 142 Å². The number of anilines is 3. The van der Waals surface area contributed by atoms with Crippen molar-refractivity contribution in [2.75, 3.05) is 75.9 Å². The Hall–Kier alpha value is -7.21. The highest BCUT2D eigenvalue weighted by Gasteiger charge is 2.35. The van der Waals surface area contributed by atoms with Crippen LogP contribution in [-0.2, 0) is 50.1 Å². The van der Waals surface area contributed by atoms with Crippen molar-refractivity contribution in [3.05, 3.63) is 87.0 Å². The number of fused-ring (bicyclic) bond motifs is 2. The summed E-state index contributed by atoms with van der Waals surface area (Å²) in [5.74, 6) is 5.36. The molecule has 3 aliphatic rings. The Balaban J connectivity index is 0.679. The van der Waals surface area contributed by atoms with E-state index in [1.165, 1.54) is 11.1 Å². The van der Waals surface area contributed by atoms with Crippen molar-refractivity contribution in [1.82, 2.24) is 55.2 Å². The molecule has 81 heavy (non-hydrogen) atoms. The number of hydrogen-bond acceptors (Lipinski definition) is 17. The van der Waals surface area contributed by atoms with Gasteiger partial charge >= 0.3 is 17.7 Å². The van der Waals surface area contributed by atoms with Gasteiger partial charge < -0.3 is 47.2 Å². The third kappa shape index (κ3) is 17.6. The van der Waals surface area contributed by atoms with Gasteiger partial charge in [-0.05, 0) is 131 Å². The van der Waals surface area contributed by atoms with Gasteiger partial charge in [0.25, 0.3) is 0 Å². The summed E-state index contributed by atoms with van der Waals surface area (Å²) in [4.78, 5) is 94.0. The highest BCUT2D eigenvalue weighted by atomic mass is 16.6. The van der Waals surface area contributed by atoms with Crippen molar-refractivity contribution in [3.63, 3.8) is 0 Å². The third-order valence-corrected chi connectivity index (χ3v) is 15.7. The van der Waals surface area contributed by atoms with Crippen molar-refractivity contribution in [3.8, 4) is 12.0 Å². The molecule has 0 radical (unpaired) electrons. The largest absolute Gasteiger partial charge is 0.463 e. The topological polar surface area (TPSA) is 318 Å². The Kier molecular flexibility index (Phi) is 22.2. The molecule has 0 bridgehead atoms. The molecule has 0 saturated carbocycles. The van der Waals surface area contributed by atoms with Crippen LogP contribution in [-0.4, -0.2) is 128 Å². The first kappa shape index (κ1) is 59.9. The van der Waals surface area contributed by atoms with E-state index in [1.807, 2.05) is 12.1 Å². The van der Waals surface area contributed by atoms with E-state index in [-0.39, 0.29) is 66.5 Å². The van der Waals surface area contributed by atoms with Crippen LogP contribution in [0.2, 0.25) is 0 Å². The molecule has 4 amide bonds. The normalized spacial score (nSPS) is 16.5. The van der Waals surface area contributed by atoms with Gasteiger partial charge in [-0.1, -0.05) is 75.2 Å². The minimum absolute atomic E-state index is 0.0862. The van der Waals surface area contributed by atoms with Gasteiger partial charge in [0, 0.05) is 45.1 Å². The number of hydrogen-bond donors (Lipinski definition) is 8. The first-order chi connectivity index (χ1) is 39.3. The number of benzene rings is 2. The van der Waals surface area contributed by atoms with Gasteiger partial charge in [0.15, 0.2) is 17.3 Å². The number of nitrogen functional groups attached to an aromatic ring is 2. The first-order valence-electron chi connectivity index (χ1n) is 29.1. The Morgan fingerprint density at radius 1 is 0.679 bits per heavy atom. The van der Waals surface area contributed by atoms with Crippen LogP contribution in [0.4, 0.5) is 17.3 Å². The number of ether oxygens (including phenoxy) is 2.